The van der Waals surface area contributed by atoms with E-state index >= 15 is 0 Å². The van der Waals surface area contributed by atoms with E-state index in [1.165, 1.54) is 18.1 Å². The summed E-state index contributed by atoms with van der Waals surface area (Å²) in [4.78, 5) is 13.3. The zero-order chi connectivity index (χ0) is 18.1. The molecular formula is C18H19N3O3. The van der Waals surface area contributed by atoms with Gasteiger partial charge in [-0.3, -0.25) is 4.79 Å². The van der Waals surface area contributed by atoms with Crippen molar-refractivity contribution >= 4 is 12.0 Å². The van der Waals surface area contributed by atoms with Crippen molar-refractivity contribution in [3.63, 3.8) is 0 Å². The molecule has 0 aromatic heterocycles. The van der Waals surface area contributed by atoms with Gasteiger partial charge in [0, 0.05) is 19.7 Å². The van der Waals surface area contributed by atoms with Crippen LogP contribution in [-0.2, 0) is 11.2 Å². The van der Waals surface area contributed by atoms with Crippen LogP contribution in [0.5, 0.6) is 11.5 Å². The molecule has 0 heterocycles. The van der Waals surface area contributed by atoms with Crippen molar-refractivity contribution in [3.8, 4) is 23.6 Å². The SMILES string of the molecule is C=CCc1cc(/C=C(/C#N)C(=O)N(C)C)cc(OC)c1OCC#N. The normalized spacial score (nSPS) is 10.3. The molecule has 0 bridgehead atoms. The fraction of sp³-hybridized carbons (Fsp3) is 0.278. The fourth-order valence-corrected chi connectivity index (χ4v) is 2.04. The Balaban J connectivity index is 3.43. The van der Waals surface area contributed by atoms with Gasteiger partial charge in [-0.25, -0.2) is 0 Å². The van der Waals surface area contributed by atoms with Crippen LogP contribution in [0.2, 0.25) is 0 Å². The molecule has 0 radical (unpaired) electrons. The maximum absolute atomic E-state index is 12.0. The number of methoxy groups -OCH3 is 1. The Morgan fingerprint density at radius 2 is 2.08 bits per heavy atom. The van der Waals surface area contributed by atoms with Gasteiger partial charge in [0.15, 0.2) is 18.1 Å². The van der Waals surface area contributed by atoms with Crippen LogP contribution in [0.15, 0.2) is 30.4 Å². The summed E-state index contributed by atoms with van der Waals surface area (Å²) >= 11 is 0. The second-order valence-corrected chi connectivity index (χ2v) is 5.02. The Kier molecular flexibility index (Phi) is 7.06. The summed E-state index contributed by atoms with van der Waals surface area (Å²) in [6.45, 7) is 3.59. The van der Waals surface area contributed by atoms with Crippen LogP contribution < -0.4 is 9.47 Å². The minimum absolute atomic E-state index is 0.0114. The van der Waals surface area contributed by atoms with E-state index in [9.17, 15) is 10.1 Å². The van der Waals surface area contributed by atoms with Crippen LogP contribution in [0.4, 0.5) is 0 Å². The van der Waals surface area contributed by atoms with Gasteiger partial charge in [-0.15, -0.1) is 6.58 Å². The number of hydrogen-bond donors (Lipinski definition) is 0. The molecular weight excluding hydrogens is 306 g/mol. The van der Waals surface area contributed by atoms with Crippen molar-refractivity contribution < 1.29 is 14.3 Å². The first-order valence-electron chi connectivity index (χ1n) is 7.13. The summed E-state index contributed by atoms with van der Waals surface area (Å²) in [7, 11) is 4.64. The largest absolute Gasteiger partial charge is 0.493 e. The van der Waals surface area contributed by atoms with Crippen molar-refractivity contribution in [2.45, 2.75) is 6.42 Å². The topological polar surface area (TPSA) is 86.3 Å². The van der Waals surface area contributed by atoms with E-state index < -0.39 is 0 Å². The highest BCUT2D eigenvalue weighted by Crippen LogP contribution is 2.34. The number of carbonyl (C=O) groups is 1. The zero-order valence-electron chi connectivity index (χ0n) is 14.0. The van der Waals surface area contributed by atoms with Gasteiger partial charge in [-0.05, 0) is 30.2 Å². The number of allylic oxidation sites excluding steroid dienone is 1. The van der Waals surface area contributed by atoms with E-state index in [0.29, 0.717) is 23.5 Å². The van der Waals surface area contributed by atoms with Crippen LogP contribution in [-0.4, -0.2) is 38.6 Å². The van der Waals surface area contributed by atoms with Gasteiger partial charge in [0.2, 0.25) is 0 Å². The Morgan fingerprint density at radius 3 is 2.58 bits per heavy atom. The molecule has 0 unspecified atom stereocenters. The lowest BCUT2D eigenvalue weighted by molar-refractivity contribution is -0.124. The zero-order valence-corrected chi connectivity index (χ0v) is 14.0. The first-order chi connectivity index (χ1) is 11.5. The molecule has 0 spiro atoms. The van der Waals surface area contributed by atoms with Crippen molar-refractivity contribution in [2.24, 2.45) is 0 Å². The van der Waals surface area contributed by atoms with Crippen LogP contribution in [0.25, 0.3) is 6.08 Å². The van der Waals surface area contributed by atoms with E-state index in [-0.39, 0.29) is 18.1 Å². The Morgan fingerprint density at radius 1 is 1.38 bits per heavy atom. The molecule has 0 aliphatic carbocycles. The van der Waals surface area contributed by atoms with Gasteiger partial charge >= 0.3 is 0 Å². The van der Waals surface area contributed by atoms with Crippen LogP contribution in [0, 0.1) is 22.7 Å². The molecule has 124 valence electrons. The number of likely N-dealkylation sites (N-methyl/N-ethyl adjacent to an activating group) is 1. The number of ether oxygens (including phenoxy) is 2. The number of amides is 1. The smallest absolute Gasteiger partial charge is 0.264 e. The molecule has 24 heavy (non-hydrogen) atoms. The second kappa shape index (κ2) is 9.02. The first kappa shape index (κ1) is 18.8. The summed E-state index contributed by atoms with van der Waals surface area (Å²) in [6.07, 6.45) is 3.67. The van der Waals surface area contributed by atoms with Gasteiger partial charge in [0.1, 0.15) is 17.7 Å². The Hall–Kier alpha value is -3.25. The molecule has 1 rings (SSSR count). The average Bonchev–Trinajstić information content (AvgIpc) is 2.57. The quantitative estimate of drug-likeness (QED) is 0.436. The van der Waals surface area contributed by atoms with Crippen molar-refractivity contribution in [2.75, 3.05) is 27.8 Å². The highest BCUT2D eigenvalue weighted by molar-refractivity contribution is 6.01. The van der Waals surface area contributed by atoms with Crippen LogP contribution in [0.3, 0.4) is 0 Å². The third-order valence-electron chi connectivity index (χ3n) is 3.09. The number of benzene rings is 1. The van der Waals surface area contributed by atoms with E-state index in [2.05, 4.69) is 6.58 Å². The van der Waals surface area contributed by atoms with E-state index in [4.69, 9.17) is 14.7 Å². The van der Waals surface area contributed by atoms with Crippen molar-refractivity contribution in [3.05, 3.63) is 41.5 Å². The van der Waals surface area contributed by atoms with E-state index in [0.717, 1.165) is 5.56 Å². The van der Waals surface area contributed by atoms with Gasteiger partial charge in [-0.1, -0.05) is 6.08 Å². The summed E-state index contributed by atoms with van der Waals surface area (Å²) in [5.41, 5.74) is 1.39. The molecule has 0 fully saturated rings. The molecule has 1 aromatic carbocycles. The minimum Gasteiger partial charge on any atom is -0.493 e. The molecule has 1 aromatic rings. The molecule has 0 atom stereocenters. The highest BCUT2D eigenvalue weighted by atomic mass is 16.5. The number of rotatable bonds is 7. The van der Waals surface area contributed by atoms with E-state index in [1.807, 2.05) is 12.1 Å². The maximum atomic E-state index is 12.0. The van der Waals surface area contributed by atoms with Gasteiger partial charge in [0.05, 0.1) is 7.11 Å². The predicted molar refractivity (Wildman–Crippen MR) is 90.3 cm³/mol. The Labute approximate surface area is 141 Å². The first-order valence-corrected chi connectivity index (χ1v) is 7.13. The molecule has 0 aliphatic rings. The molecule has 6 heteroatoms. The summed E-state index contributed by atoms with van der Waals surface area (Å²) in [5.74, 6) is 0.491. The minimum atomic E-state index is -0.383. The number of hydrogen-bond acceptors (Lipinski definition) is 5. The maximum Gasteiger partial charge on any atom is 0.264 e. The Bertz CT molecular complexity index is 737. The molecule has 1 amide bonds. The molecule has 0 saturated carbocycles. The van der Waals surface area contributed by atoms with Gasteiger partial charge in [0.25, 0.3) is 5.91 Å². The molecule has 0 saturated heterocycles. The summed E-state index contributed by atoms with van der Waals surface area (Å²) < 4.78 is 10.8. The number of nitriles is 2. The lowest BCUT2D eigenvalue weighted by Gasteiger charge is -2.14. The molecule has 0 N–H and O–H groups in total. The predicted octanol–water partition coefficient (Wildman–Crippen LogP) is 2.32. The highest BCUT2D eigenvalue weighted by Gasteiger charge is 2.15. The molecule has 6 nitrogen and oxygen atoms in total. The second-order valence-electron chi connectivity index (χ2n) is 5.02. The monoisotopic (exact) mass is 325 g/mol. The standard InChI is InChI=1S/C18H19N3O3/c1-5-6-14-9-13(10-15(12-20)18(22)21(2)3)11-16(23-4)17(14)24-8-7-19/h5,9-11H,1,6,8H2,2-4H3/b15-10-. The summed E-state index contributed by atoms with van der Waals surface area (Å²) in [5, 5.41) is 17.9. The van der Waals surface area contributed by atoms with Crippen molar-refractivity contribution in [1.82, 2.24) is 4.90 Å². The third kappa shape index (κ3) is 4.62. The van der Waals surface area contributed by atoms with Crippen LogP contribution >= 0.6 is 0 Å². The van der Waals surface area contributed by atoms with Crippen molar-refractivity contribution in [1.29, 1.82) is 10.5 Å². The molecule has 0 aliphatic heterocycles. The van der Waals surface area contributed by atoms with E-state index in [1.54, 1.807) is 32.3 Å². The van der Waals surface area contributed by atoms with Gasteiger partial charge in [-0.2, -0.15) is 10.5 Å². The third-order valence-corrected chi connectivity index (χ3v) is 3.09. The van der Waals surface area contributed by atoms with Crippen LogP contribution in [0.1, 0.15) is 11.1 Å². The fourth-order valence-electron chi connectivity index (χ4n) is 2.04. The lowest BCUT2D eigenvalue weighted by Crippen LogP contribution is -2.22. The number of nitrogens with zero attached hydrogens (tertiary/aromatic N) is 3. The number of carbonyl (C=O) groups excluding carboxylic acids is 1. The van der Waals surface area contributed by atoms with Gasteiger partial charge < -0.3 is 14.4 Å². The lowest BCUT2D eigenvalue weighted by atomic mass is 10.0. The summed E-state index contributed by atoms with van der Waals surface area (Å²) in [6, 6.07) is 7.24. The average molecular weight is 325 g/mol.